The molecule has 0 atom stereocenters. The number of nitrogens with zero attached hydrogens (tertiary/aromatic N) is 1. The number of hydrogen-bond acceptors (Lipinski definition) is 4. The number of pyridine rings is 1. The molecule has 118 valence electrons. The van der Waals surface area contributed by atoms with Gasteiger partial charge in [-0.15, -0.1) is 0 Å². The molecule has 0 spiro atoms. The predicted molar refractivity (Wildman–Crippen MR) is 87.9 cm³/mol. The lowest BCUT2D eigenvalue weighted by molar-refractivity contribution is 0.101. The van der Waals surface area contributed by atoms with E-state index in [-0.39, 0.29) is 12.4 Å². The molecular weight excluding hydrogens is 292 g/mol. The van der Waals surface area contributed by atoms with Crippen LogP contribution in [0.25, 0.3) is 6.08 Å². The maximum Gasteiger partial charge on any atom is 0.407 e. The lowest BCUT2D eigenvalue weighted by Gasteiger charge is -2.05. The fourth-order valence-electron chi connectivity index (χ4n) is 1.81. The van der Waals surface area contributed by atoms with E-state index in [1.54, 1.807) is 24.3 Å². The second-order valence-electron chi connectivity index (χ2n) is 4.87. The second-order valence-corrected chi connectivity index (χ2v) is 4.87. The molecule has 1 amide bonds. The third kappa shape index (κ3) is 5.74. The first kappa shape index (κ1) is 16.4. The fraction of sp³-hybridized carbons (Fsp3) is 0.167. The fourth-order valence-corrected chi connectivity index (χ4v) is 1.81. The Balaban J connectivity index is 1.71. The van der Waals surface area contributed by atoms with Gasteiger partial charge < -0.3 is 10.1 Å². The molecular formula is C18H18N2O3. The molecule has 1 aromatic carbocycles. The molecule has 1 aromatic heterocycles. The highest BCUT2D eigenvalue weighted by atomic mass is 16.5. The molecule has 23 heavy (non-hydrogen) atoms. The summed E-state index contributed by atoms with van der Waals surface area (Å²) in [5.74, 6) is -0.0177. The highest BCUT2D eigenvalue weighted by molar-refractivity contribution is 5.93. The Kier molecular flexibility index (Phi) is 6.06. The van der Waals surface area contributed by atoms with Crippen molar-refractivity contribution in [3.05, 3.63) is 71.6 Å². The van der Waals surface area contributed by atoms with Crippen LogP contribution in [0.2, 0.25) is 0 Å². The van der Waals surface area contributed by atoms with Crippen LogP contribution in [0.15, 0.2) is 54.7 Å². The van der Waals surface area contributed by atoms with Gasteiger partial charge in [-0.05, 0) is 30.7 Å². The van der Waals surface area contributed by atoms with Crippen molar-refractivity contribution >= 4 is 18.0 Å². The zero-order valence-electron chi connectivity index (χ0n) is 12.9. The number of ether oxygens (including phenoxy) is 1. The number of nitrogens with one attached hydrogen (secondary N) is 1. The summed E-state index contributed by atoms with van der Waals surface area (Å²) in [5, 5.41) is 2.62. The van der Waals surface area contributed by atoms with E-state index < -0.39 is 6.09 Å². The summed E-state index contributed by atoms with van der Waals surface area (Å²) in [6, 6.07) is 12.9. The molecule has 5 nitrogen and oxygen atoms in total. The lowest BCUT2D eigenvalue weighted by Crippen LogP contribution is -2.24. The van der Waals surface area contributed by atoms with Crippen molar-refractivity contribution < 1.29 is 14.3 Å². The van der Waals surface area contributed by atoms with Crippen LogP contribution in [-0.4, -0.2) is 23.4 Å². The van der Waals surface area contributed by atoms with Gasteiger partial charge in [-0.2, -0.15) is 0 Å². The van der Waals surface area contributed by atoms with Crippen LogP contribution in [0.3, 0.4) is 0 Å². The van der Waals surface area contributed by atoms with Gasteiger partial charge in [0.25, 0.3) is 0 Å². The van der Waals surface area contributed by atoms with E-state index in [4.69, 9.17) is 4.74 Å². The van der Waals surface area contributed by atoms with Gasteiger partial charge in [0.05, 0.1) is 5.69 Å². The third-order valence-electron chi connectivity index (χ3n) is 3.06. The van der Waals surface area contributed by atoms with Crippen LogP contribution < -0.4 is 5.32 Å². The molecule has 0 aliphatic carbocycles. The first-order chi connectivity index (χ1) is 11.1. The molecule has 1 N–H and O–H groups in total. The molecule has 0 aliphatic rings. The Morgan fingerprint density at radius 1 is 1.17 bits per heavy atom. The topological polar surface area (TPSA) is 68.3 Å². The number of Topliss-reactive ketones (excluding diaryl/α,β-unsaturated/α-hetero) is 1. The average molecular weight is 310 g/mol. The summed E-state index contributed by atoms with van der Waals surface area (Å²) >= 11 is 0. The Hall–Kier alpha value is -2.95. The monoisotopic (exact) mass is 310 g/mol. The van der Waals surface area contributed by atoms with Crippen LogP contribution >= 0.6 is 0 Å². The summed E-state index contributed by atoms with van der Waals surface area (Å²) < 4.78 is 5.09. The van der Waals surface area contributed by atoms with E-state index >= 15 is 0 Å². The van der Waals surface area contributed by atoms with E-state index in [1.807, 2.05) is 30.3 Å². The number of ketones is 1. The SMILES string of the molecule is CC(=O)c1ccc(C=CCNC(=O)OCc2ccccc2)nc1. The van der Waals surface area contributed by atoms with Crippen molar-refractivity contribution in [3.63, 3.8) is 0 Å². The molecule has 1 heterocycles. The quantitative estimate of drug-likeness (QED) is 0.832. The number of carbonyl (C=O) groups is 2. The number of alkyl carbamates (subject to hydrolysis) is 1. The summed E-state index contributed by atoms with van der Waals surface area (Å²) in [7, 11) is 0. The molecule has 2 aromatic rings. The minimum absolute atomic E-state index is 0.0177. The zero-order chi connectivity index (χ0) is 16.5. The highest BCUT2D eigenvalue weighted by Gasteiger charge is 2.01. The van der Waals surface area contributed by atoms with Crippen molar-refractivity contribution in [2.24, 2.45) is 0 Å². The molecule has 0 bridgehead atoms. The molecule has 5 heteroatoms. The number of benzene rings is 1. The Labute approximate surface area is 135 Å². The maximum absolute atomic E-state index is 11.5. The van der Waals surface area contributed by atoms with Crippen LogP contribution in [0.5, 0.6) is 0 Å². The van der Waals surface area contributed by atoms with E-state index in [2.05, 4.69) is 10.3 Å². The Morgan fingerprint density at radius 2 is 1.96 bits per heavy atom. The molecule has 0 saturated heterocycles. The first-order valence-corrected chi connectivity index (χ1v) is 7.23. The smallest absolute Gasteiger partial charge is 0.407 e. The van der Waals surface area contributed by atoms with Crippen molar-refractivity contribution in [2.75, 3.05) is 6.54 Å². The molecule has 0 aliphatic heterocycles. The van der Waals surface area contributed by atoms with Crippen molar-refractivity contribution in [3.8, 4) is 0 Å². The van der Waals surface area contributed by atoms with E-state index in [1.165, 1.54) is 13.1 Å². The normalized spacial score (nSPS) is 10.5. The number of aromatic nitrogens is 1. The van der Waals surface area contributed by atoms with Crippen LogP contribution in [-0.2, 0) is 11.3 Å². The molecule has 0 radical (unpaired) electrons. The van der Waals surface area contributed by atoms with E-state index in [9.17, 15) is 9.59 Å². The largest absolute Gasteiger partial charge is 0.445 e. The standard InChI is InChI=1S/C18H18N2O3/c1-14(21)16-9-10-17(20-12-16)8-5-11-19-18(22)23-13-15-6-3-2-4-7-15/h2-10,12H,11,13H2,1H3,(H,19,22). The summed E-state index contributed by atoms with van der Waals surface area (Å²) in [6.07, 6.45) is 4.59. The summed E-state index contributed by atoms with van der Waals surface area (Å²) in [5.41, 5.74) is 2.23. The number of hydrogen-bond donors (Lipinski definition) is 1. The van der Waals surface area contributed by atoms with Gasteiger partial charge in [0.2, 0.25) is 0 Å². The van der Waals surface area contributed by atoms with Gasteiger partial charge in [0, 0.05) is 18.3 Å². The highest BCUT2D eigenvalue weighted by Crippen LogP contribution is 2.03. The maximum atomic E-state index is 11.5. The Morgan fingerprint density at radius 3 is 2.61 bits per heavy atom. The third-order valence-corrected chi connectivity index (χ3v) is 3.06. The van der Waals surface area contributed by atoms with Crippen LogP contribution in [0.1, 0.15) is 28.5 Å². The molecule has 0 fully saturated rings. The van der Waals surface area contributed by atoms with Crippen molar-refractivity contribution in [1.29, 1.82) is 0 Å². The molecule has 2 rings (SSSR count). The predicted octanol–water partition coefficient (Wildman–Crippen LogP) is 3.22. The number of rotatable bonds is 6. The number of carbonyl (C=O) groups excluding carboxylic acids is 2. The first-order valence-electron chi connectivity index (χ1n) is 7.23. The van der Waals surface area contributed by atoms with Crippen molar-refractivity contribution in [1.82, 2.24) is 10.3 Å². The van der Waals surface area contributed by atoms with Crippen molar-refractivity contribution in [2.45, 2.75) is 13.5 Å². The van der Waals surface area contributed by atoms with E-state index in [0.717, 1.165) is 11.3 Å². The van der Waals surface area contributed by atoms with Gasteiger partial charge >= 0.3 is 6.09 Å². The van der Waals surface area contributed by atoms with Gasteiger partial charge in [0.15, 0.2) is 5.78 Å². The lowest BCUT2D eigenvalue weighted by atomic mass is 10.2. The summed E-state index contributed by atoms with van der Waals surface area (Å²) in [6.45, 7) is 2.08. The van der Waals surface area contributed by atoms with Gasteiger partial charge in [0.1, 0.15) is 6.61 Å². The van der Waals surface area contributed by atoms with E-state index in [0.29, 0.717) is 12.1 Å². The summed E-state index contributed by atoms with van der Waals surface area (Å²) in [4.78, 5) is 26.8. The second kappa shape index (κ2) is 8.48. The van der Waals surface area contributed by atoms with Gasteiger partial charge in [-0.25, -0.2) is 4.79 Å². The Bertz CT molecular complexity index is 679. The van der Waals surface area contributed by atoms with Gasteiger partial charge in [-0.1, -0.05) is 36.4 Å². The zero-order valence-corrected chi connectivity index (χ0v) is 12.9. The van der Waals surface area contributed by atoms with Crippen LogP contribution in [0, 0.1) is 0 Å². The van der Waals surface area contributed by atoms with Gasteiger partial charge in [-0.3, -0.25) is 9.78 Å². The molecule has 0 unspecified atom stereocenters. The number of amides is 1. The molecule has 0 saturated carbocycles. The minimum Gasteiger partial charge on any atom is -0.445 e. The minimum atomic E-state index is -0.474. The van der Waals surface area contributed by atoms with Crippen LogP contribution in [0.4, 0.5) is 4.79 Å². The average Bonchev–Trinajstić information content (AvgIpc) is 2.58.